The summed E-state index contributed by atoms with van der Waals surface area (Å²) in [6, 6.07) is 28.1. The third-order valence-electron chi connectivity index (χ3n) is 8.25. The lowest BCUT2D eigenvalue weighted by molar-refractivity contribution is 0.0225. The Morgan fingerprint density at radius 1 is 0.950 bits per heavy atom. The number of hydrogen-bond acceptors (Lipinski definition) is 6. The quantitative estimate of drug-likeness (QED) is 0.214. The number of carbonyl (C=O) groups excluding carboxylic acids is 1. The van der Waals surface area contributed by atoms with Crippen LogP contribution in [-0.4, -0.2) is 25.2 Å². The monoisotopic (exact) mass is 532 g/mol. The van der Waals surface area contributed by atoms with Crippen LogP contribution in [0.15, 0.2) is 84.9 Å². The van der Waals surface area contributed by atoms with Gasteiger partial charge in [-0.1, -0.05) is 67.6 Å². The van der Waals surface area contributed by atoms with Gasteiger partial charge < -0.3 is 14.2 Å². The van der Waals surface area contributed by atoms with Crippen molar-refractivity contribution in [1.82, 2.24) is 5.43 Å². The molecule has 1 unspecified atom stereocenters. The fourth-order valence-corrected chi connectivity index (χ4v) is 6.47. The second kappa shape index (κ2) is 9.81. The van der Waals surface area contributed by atoms with Gasteiger partial charge in [-0.05, 0) is 61.6 Å². The Kier molecular flexibility index (Phi) is 6.10. The van der Waals surface area contributed by atoms with Crippen molar-refractivity contribution in [2.45, 2.75) is 44.8 Å². The number of hydrogen-bond donors (Lipinski definition) is 1. The first-order chi connectivity index (χ1) is 19.6. The van der Waals surface area contributed by atoms with Gasteiger partial charge in [-0.3, -0.25) is 5.01 Å². The third kappa shape index (κ3) is 3.74. The van der Waals surface area contributed by atoms with Crippen molar-refractivity contribution in [2.75, 3.05) is 18.2 Å². The van der Waals surface area contributed by atoms with Gasteiger partial charge in [0.1, 0.15) is 11.5 Å². The fourth-order valence-electron chi connectivity index (χ4n) is 6.47. The lowest BCUT2D eigenvalue weighted by atomic mass is 9.75. The van der Waals surface area contributed by atoms with E-state index in [1.807, 2.05) is 66.7 Å². The molecule has 0 aliphatic carbocycles. The Hall–Kier alpha value is -4.13. The van der Waals surface area contributed by atoms with Gasteiger partial charge in [-0.15, -0.1) is 0 Å². The summed E-state index contributed by atoms with van der Waals surface area (Å²) in [4.78, 5) is 14.0. The van der Waals surface area contributed by atoms with E-state index >= 15 is 0 Å². The van der Waals surface area contributed by atoms with Crippen molar-refractivity contribution < 1.29 is 19.0 Å². The molecule has 1 atom stereocenters. The van der Waals surface area contributed by atoms with Gasteiger partial charge in [0.15, 0.2) is 5.60 Å². The molecule has 0 saturated carbocycles. The molecule has 3 aliphatic heterocycles. The van der Waals surface area contributed by atoms with Gasteiger partial charge >= 0.3 is 5.97 Å². The lowest BCUT2D eigenvalue weighted by Gasteiger charge is -2.39. The van der Waals surface area contributed by atoms with Crippen molar-refractivity contribution in [3.63, 3.8) is 0 Å². The Balaban J connectivity index is 1.54. The van der Waals surface area contributed by atoms with E-state index < -0.39 is 5.60 Å². The maximum absolute atomic E-state index is 14.0. The van der Waals surface area contributed by atoms with Crippen molar-refractivity contribution in [1.29, 1.82) is 0 Å². The molecular formula is C34H32N2O4. The van der Waals surface area contributed by atoms with E-state index in [0.717, 1.165) is 58.6 Å². The van der Waals surface area contributed by atoms with Crippen LogP contribution in [0.3, 0.4) is 0 Å². The maximum atomic E-state index is 14.0. The number of para-hydroxylation sites is 3. The number of hydrazine groups is 1. The first-order valence-electron chi connectivity index (χ1n) is 14.1. The van der Waals surface area contributed by atoms with Crippen molar-refractivity contribution in [3.8, 4) is 11.5 Å². The highest BCUT2D eigenvalue weighted by atomic mass is 16.6. The van der Waals surface area contributed by atoms with Gasteiger partial charge in [0.05, 0.1) is 23.0 Å². The van der Waals surface area contributed by atoms with E-state index in [1.165, 1.54) is 0 Å². The van der Waals surface area contributed by atoms with Crippen LogP contribution in [0, 0.1) is 6.92 Å². The second-order valence-corrected chi connectivity index (χ2v) is 10.6. The van der Waals surface area contributed by atoms with Crippen LogP contribution < -0.4 is 15.2 Å². The molecule has 7 rings (SSSR count). The topological polar surface area (TPSA) is 60.0 Å². The van der Waals surface area contributed by atoms with Crippen molar-refractivity contribution in [2.24, 2.45) is 0 Å². The summed E-state index contributed by atoms with van der Waals surface area (Å²) in [7, 11) is 0. The molecule has 1 spiro atoms. The van der Waals surface area contributed by atoms with E-state index in [1.54, 1.807) is 0 Å². The molecule has 0 radical (unpaired) electrons. The highest BCUT2D eigenvalue weighted by Gasteiger charge is 2.56. The number of ether oxygens (including phenoxy) is 3. The molecule has 4 aromatic rings. The standard InChI is InChI=1S/C34H32N2O4/c1-3-23-20-22(2)32(36(24-12-5-4-6-13-24)35-21-25-14-11-19-38-25)31-30(23)33(37)40-34(31)26-15-7-9-17-28(26)39-29-18-10-8-16-27(29)34/h4-10,12-13,15-18,20,25,35H,3,11,14,19,21H2,1-2H3. The lowest BCUT2D eigenvalue weighted by Crippen LogP contribution is -2.42. The van der Waals surface area contributed by atoms with E-state index in [9.17, 15) is 4.79 Å². The molecule has 0 bridgehead atoms. The molecule has 40 heavy (non-hydrogen) atoms. The average Bonchev–Trinajstić information content (AvgIpc) is 3.61. The first-order valence-corrected chi connectivity index (χ1v) is 14.1. The van der Waals surface area contributed by atoms with Crippen molar-refractivity contribution in [3.05, 3.63) is 118 Å². The van der Waals surface area contributed by atoms with Crippen LogP contribution in [0.4, 0.5) is 11.4 Å². The third-order valence-corrected chi connectivity index (χ3v) is 8.25. The van der Waals surface area contributed by atoms with Gasteiger partial charge in [-0.25, -0.2) is 10.2 Å². The minimum atomic E-state index is -1.16. The summed E-state index contributed by atoms with van der Waals surface area (Å²) in [5.41, 5.74) is 9.57. The van der Waals surface area contributed by atoms with Crippen LogP contribution in [0.5, 0.6) is 11.5 Å². The number of esters is 1. The molecule has 6 heteroatoms. The van der Waals surface area contributed by atoms with Crippen LogP contribution in [-0.2, 0) is 21.5 Å². The van der Waals surface area contributed by atoms with Gasteiger partial charge in [0.2, 0.25) is 0 Å². The van der Waals surface area contributed by atoms with E-state index in [0.29, 0.717) is 30.0 Å². The smallest absolute Gasteiger partial charge is 0.340 e. The maximum Gasteiger partial charge on any atom is 0.340 e. The zero-order valence-electron chi connectivity index (χ0n) is 22.8. The number of benzene rings is 4. The first kappa shape index (κ1) is 24.9. The average molecular weight is 533 g/mol. The van der Waals surface area contributed by atoms with Gasteiger partial charge in [-0.2, -0.15) is 0 Å². The number of carbonyl (C=O) groups is 1. The summed E-state index contributed by atoms with van der Waals surface area (Å²) in [5, 5.41) is 2.12. The summed E-state index contributed by atoms with van der Waals surface area (Å²) in [5.74, 6) is 1.06. The predicted molar refractivity (Wildman–Crippen MR) is 154 cm³/mol. The molecule has 4 aromatic carbocycles. The molecule has 3 aliphatic rings. The van der Waals surface area contributed by atoms with E-state index in [-0.39, 0.29) is 12.1 Å². The number of nitrogens with zero attached hydrogens (tertiary/aromatic N) is 1. The highest BCUT2D eigenvalue weighted by molar-refractivity contribution is 6.02. The normalized spacial score (nSPS) is 18.1. The summed E-state index contributed by atoms with van der Waals surface area (Å²) >= 11 is 0. The number of anilines is 2. The molecule has 1 saturated heterocycles. The fraction of sp³-hybridized carbons (Fsp3) is 0.265. The Bertz CT molecular complexity index is 1550. The van der Waals surface area contributed by atoms with Crippen LogP contribution in [0.2, 0.25) is 0 Å². The van der Waals surface area contributed by atoms with Gasteiger partial charge in [0, 0.05) is 29.8 Å². The second-order valence-electron chi connectivity index (χ2n) is 10.6. The highest BCUT2D eigenvalue weighted by Crippen LogP contribution is 2.59. The van der Waals surface area contributed by atoms with E-state index in [4.69, 9.17) is 14.2 Å². The molecule has 6 nitrogen and oxygen atoms in total. The predicted octanol–water partition coefficient (Wildman–Crippen LogP) is 6.95. The molecule has 202 valence electrons. The number of nitrogens with one attached hydrogen (secondary N) is 1. The van der Waals surface area contributed by atoms with Crippen LogP contribution >= 0.6 is 0 Å². The number of fused-ring (bicyclic) bond motifs is 6. The van der Waals surface area contributed by atoms with E-state index in [2.05, 4.69) is 42.5 Å². The molecule has 1 fully saturated rings. The van der Waals surface area contributed by atoms with Crippen molar-refractivity contribution >= 4 is 17.3 Å². The minimum absolute atomic E-state index is 0.130. The van der Waals surface area contributed by atoms with Gasteiger partial charge in [0.25, 0.3) is 0 Å². The SMILES string of the molecule is CCc1cc(C)c(N(NCC2CCCO2)c2ccccc2)c2c1C(=O)OC21c2ccccc2Oc2ccccc21. The molecule has 3 heterocycles. The zero-order valence-corrected chi connectivity index (χ0v) is 22.8. The molecular weight excluding hydrogens is 500 g/mol. The zero-order chi connectivity index (χ0) is 27.3. The Labute approximate surface area is 234 Å². The van der Waals surface area contributed by atoms with Crippen LogP contribution in [0.25, 0.3) is 0 Å². The number of rotatable bonds is 6. The molecule has 0 aromatic heterocycles. The van der Waals surface area contributed by atoms with Crippen LogP contribution in [0.1, 0.15) is 57.9 Å². The summed E-state index contributed by atoms with van der Waals surface area (Å²) < 4.78 is 19.0. The molecule has 0 amide bonds. The molecule has 1 N–H and O–H groups in total. The minimum Gasteiger partial charge on any atom is -0.456 e. The number of aryl methyl sites for hydroxylation is 2. The summed E-state index contributed by atoms with van der Waals surface area (Å²) in [6.45, 7) is 5.64. The summed E-state index contributed by atoms with van der Waals surface area (Å²) in [6.07, 6.45) is 2.93. The largest absolute Gasteiger partial charge is 0.456 e. The Morgan fingerprint density at radius 2 is 1.62 bits per heavy atom. The Morgan fingerprint density at radius 3 is 2.27 bits per heavy atom.